The first-order valence-corrected chi connectivity index (χ1v) is 7.41. The molecule has 1 aromatic heterocycles. The third-order valence-corrected chi connectivity index (χ3v) is 4.47. The minimum Gasteiger partial charge on any atom is -0.368 e. The second kappa shape index (κ2) is 5.57. The highest BCUT2D eigenvalue weighted by atomic mass is 19.4. The van der Waals surface area contributed by atoms with Gasteiger partial charge in [-0.05, 0) is 24.8 Å². The summed E-state index contributed by atoms with van der Waals surface area (Å²) in [7, 11) is 0. The summed E-state index contributed by atoms with van der Waals surface area (Å²) in [5.74, 6) is -0.437. The van der Waals surface area contributed by atoms with Gasteiger partial charge in [0.15, 0.2) is 0 Å². The van der Waals surface area contributed by atoms with Crippen LogP contribution in [0.5, 0.6) is 0 Å². The van der Waals surface area contributed by atoms with Crippen LogP contribution in [0.2, 0.25) is 0 Å². The van der Waals surface area contributed by atoms with Crippen LogP contribution in [0.25, 0.3) is 0 Å². The molecule has 2 aliphatic rings. The molecule has 1 amide bonds. The van der Waals surface area contributed by atoms with Crippen molar-refractivity contribution in [2.75, 3.05) is 19.7 Å². The number of alkyl halides is 3. The molecule has 122 valence electrons. The number of likely N-dealkylation sites (tertiary alicyclic amines) is 1. The summed E-state index contributed by atoms with van der Waals surface area (Å²) in [6.45, 7) is 1.43. The Bertz CT molecular complexity index is 548. The van der Waals surface area contributed by atoms with E-state index < -0.39 is 30.5 Å². The van der Waals surface area contributed by atoms with Crippen LogP contribution in [0.15, 0.2) is 6.20 Å². The molecule has 2 aliphatic heterocycles. The zero-order chi connectivity index (χ0) is 15.8. The highest BCUT2D eigenvalue weighted by Gasteiger charge is 2.43. The molecule has 0 aromatic carbocycles. The maximum atomic E-state index is 12.2. The van der Waals surface area contributed by atoms with Gasteiger partial charge in [0.25, 0.3) is 0 Å². The molecule has 22 heavy (non-hydrogen) atoms. The minimum absolute atomic E-state index is 0.412. The van der Waals surface area contributed by atoms with Gasteiger partial charge in [-0.2, -0.15) is 18.3 Å². The van der Waals surface area contributed by atoms with Gasteiger partial charge in [-0.15, -0.1) is 0 Å². The van der Waals surface area contributed by atoms with Crippen LogP contribution in [0.1, 0.15) is 36.9 Å². The summed E-state index contributed by atoms with van der Waals surface area (Å²) in [6.07, 6.45) is -2.06. The average molecular weight is 317 g/mol. The Kier molecular flexibility index (Phi) is 3.88. The van der Waals surface area contributed by atoms with Crippen molar-refractivity contribution in [3.63, 3.8) is 0 Å². The zero-order valence-electron chi connectivity index (χ0n) is 12.1. The van der Waals surface area contributed by atoms with Gasteiger partial charge in [0.2, 0.25) is 5.91 Å². The number of ether oxygens (including phenoxy) is 1. The number of hydrogen-bond donors (Lipinski definition) is 1. The lowest BCUT2D eigenvalue weighted by molar-refractivity contribution is -0.154. The second-order valence-electron chi connectivity index (χ2n) is 5.86. The Morgan fingerprint density at radius 1 is 1.41 bits per heavy atom. The summed E-state index contributed by atoms with van der Waals surface area (Å²) in [5.41, 5.74) is 1.62. The van der Waals surface area contributed by atoms with E-state index >= 15 is 0 Å². The monoisotopic (exact) mass is 317 g/mol. The molecule has 1 aromatic rings. The van der Waals surface area contributed by atoms with E-state index in [2.05, 4.69) is 10.2 Å². The molecular weight excluding hydrogens is 299 g/mol. The number of halogens is 3. The third-order valence-electron chi connectivity index (χ3n) is 4.47. The van der Waals surface area contributed by atoms with Crippen molar-refractivity contribution >= 4 is 5.91 Å². The van der Waals surface area contributed by atoms with E-state index in [1.807, 2.05) is 0 Å². The Balaban J connectivity index is 1.61. The summed E-state index contributed by atoms with van der Waals surface area (Å²) in [5, 5.41) is 7.03. The molecule has 0 bridgehead atoms. The van der Waals surface area contributed by atoms with Crippen LogP contribution in [0.4, 0.5) is 13.2 Å². The van der Waals surface area contributed by atoms with E-state index in [9.17, 15) is 18.0 Å². The molecule has 5 nitrogen and oxygen atoms in total. The highest BCUT2D eigenvalue weighted by molar-refractivity contribution is 5.76. The molecule has 0 atom stereocenters. The number of nitrogens with zero attached hydrogens (tertiary/aromatic N) is 2. The first kappa shape index (κ1) is 15.3. The Hall–Kier alpha value is -1.57. The summed E-state index contributed by atoms with van der Waals surface area (Å²) in [6, 6.07) is 0. The fourth-order valence-corrected chi connectivity index (χ4v) is 3.24. The maximum Gasteiger partial charge on any atom is 0.389 e. The molecule has 0 unspecified atom stereocenters. The maximum absolute atomic E-state index is 12.2. The van der Waals surface area contributed by atoms with Crippen molar-refractivity contribution < 1.29 is 22.7 Å². The number of hydrogen-bond acceptors (Lipinski definition) is 3. The van der Waals surface area contributed by atoms with Crippen LogP contribution in [-0.4, -0.2) is 46.9 Å². The second-order valence-corrected chi connectivity index (χ2v) is 5.86. The van der Waals surface area contributed by atoms with Crippen LogP contribution in [0, 0.1) is 0 Å². The van der Waals surface area contributed by atoms with E-state index in [-0.39, 0.29) is 0 Å². The number of aromatic amines is 1. The Morgan fingerprint density at radius 3 is 2.82 bits per heavy atom. The van der Waals surface area contributed by atoms with Gasteiger partial charge in [-0.3, -0.25) is 9.89 Å². The summed E-state index contributed by atoms with van der Waals surface area (Å²) >= 11 is 0. The van der Waals surface area contributed by atoms with Crippen molar-refractivity contribution in [1.29, 1.82) is 0 Å². The molecule has 0 aliphatic carbocycles. The van der Waals surface area contributed by atoms with Crippen molar-refractivity contribution in [2.45, 2.75) is 43.9 Å². The van der Waals surface area contributed by atoms with Gasteiger partial charge in [-0.25, -0.2) is 0 Å². The van der Waals surface area contributed by atoms with Crippen molar-refractivity contribution in [3.8, 4) is 0 Å². The lowest BCUT2D eigenvalue weighted by Gasteiger charge is -2.43. The van der Waals surface area contributed by atoms with Crippen molar-refractivity contribution in [1.82, 2.24) is 15.1 Å². The topological polar surface area (TPSA) is 58.2 Å². The Morgan fingerprint density at radius 2 is 2.14 bits per heavy atom. The molecule has 3 rings (SSSR count). The van der Waals surface area contributed by atoms with Gasteiger partial charge in [-0.1, -0.05) is 0 Å². The molecule has 1 spiro atoms. The number of aromatic nitrogens is 2. The number of fused-ring (bicyclic) bond motifs is 2. The number of carbonyl (C=O) groups excluding carboxylic acids is 1. The molecule has 0 saturated carbocycles. The number of amides is 1. The fourth-order valence-electron chi connectivity index (χ4n) is 3.24. The lowest BCUT2D eigenvalue weighted by Crippen LogP contribution is -2.48. The molecule has 3 heterocycles. The molecule has 0 radical (unpaired) electrons. The van der Waals surface area contributed by atoms with Crippen LogP contribution in [0.3, 0.4) is 0 Å². The van der Waals surface area contributed by atoms with E-state index in [0.717, 1.165) is 17.7 Å². The lowest BCUT2D eigenvalue weighted by atomic mass is 9.83. The van der Waals surface area contributed by atoms with Crippen LogP contribution >= 0.6 is 0 Å². The summed E-state index contributed by atoms with van der Waals surface area (Å²) in [4.78, 5) is 13.4. The van der Waals surface area contributed by atoms with E-state index in [1.54, 1.807) is 6.20 Å². The van der Waals surface area contributed by atoms with E-state index in [1.165, 1.54) is 4.90 Å². The summed E-state index contributed by atoms with van der Waals surface area (Å²) < 4.78 is 42.5. The van der Waals surface area contributed by atoms with Gasteiger partial charge in [0, 0.05) is 19.5 Å². The average Bonchev–Trinajstić information content (AvgIpc) is 2.95. The highest BCUT2D eigenvalue weighted by Crippen LogP contribution is 2.40. The molecular formula is C14H18F3N3O2. The molecule has 1 saturated heterocycles. The van der Waals surface area contributed by atoms with Gasteiger partial charge in [0.1, 0.15) is 5.60 Å². The number of H-pyrrole nitrogens is 1. The normalized spacial score (nSPS) is 21.0. The fraction of sp³-hybridized carbons (Fsp3) is 0.714. The van der Waals surface area contributed by atoms with Crippen LogP contribution in [-0.2, 0) is 21.6 Å². The smallest absolute Gasteiger partial charge is 0.368 e. The zero-order valence-corrected chi connectivity index (χ0v) is 12.1. The third kappa shape index (κ3) is 2.97. The number of rotatable bonds is 2. The minimum atomic E-state index is -4.29. The molecule has 1 N–H and O–H groups in total. The number of piperidine rings is 1. The van der Waals surface area contributed by atoms with Gasteiger partial charge >= 0.3 is 6.18 Å². The van der Waals surface area contributed by atoms with Gasteiger partial charge < -0.3 is 9.64 Å². The van der Waals surface area contributed by atoms with Crippen molar-refractivity contribution in [2.24, 2.45) is 0 Å². The number of carbonyl (C=O) groups is 1. The largest absolute Gasteiger partial charge is 0.389 e. The first-order chi connectivity index (χ1) is 10.4. The first-order valence-electron chi connectivity index (χ1n) is 7.41. The predicted molar refractivity (Wildman–Crippen MR) is 71.0 cm³/mol. The standard InChI is InChI=1S/C14H18F3N3O2/c15-14(16,17)3-1-11(21)20-6-4-13(5-7-20)12-10(2-8-22-13)9-18-19-12/h9H,1-8H2,(H,18,19). The quantitative estimate of drug-likeness (QED) is 0.909. The van der Waals surface area contributed by atoms with Gasteiger partial charge in [0.05, 0.1) is 24.9 Å². The predicted octanol–water partition coefficient (Wildman–Crippen LogP) is 2.14. The Labute approximate surface area is 125 Å². The SMILES string of the molecule is O=C(CCC(F)(F)F)N1CCC2(CC1)OCCc1cn[nH]c12. The van der Waals surface area contributed by atoms with E-state index in [4.69, 9.17) is 4.74 Å². The number of nitrogens with one attached hydrogen (secondary N) is 1. The van der Waals surface area contributed by atoms with Crippen LogP contribution < -0.4 is 0 Å². The molecule has 8 heteroatoms. The molecule has 1 fully saturated rings. The van der Waals surface area contributed by atoms with E-state index in [0.29, 0.717) is 32.5 Å². The van der Waals surface area contributed by atoms with Crippen molar-refractivity contribution in [3.05, 3.63) is 17.5 Å².